The second-order valence-electron chi connectivity index (χ2n) is 5.53. The molecule has 1 unspecified atom stereocenters. The second-order valence-corrected chi connectivity index (χ2v) is 5.53. The summed E-state index contributed by atoms with van der Waals surface area (Å²) in [7, 11) is 1.27. The van der Waals surface area contributed by atoms with E-state index in [4.69, 9.17) is 4.52 Å². The van der Waals surface area contributed by atoms with Crippen LogP contribution in [0.15, 0.2) is 34.9 Å². The average Bonchev–Trinajstić information content (AvgIpc) is 3.33. The predicted molar refractivity (Wildman–Crippen MR) is 84.7 cm³/mol. The van der Waals surface area contributed by atoms with Crippen molar-refractivity contribution in [2.75, 3.05) is 7.11 Å². The third kappa shape index (κ3) is 3.39. The molecule has 5 nitrogen and oxygen atoms in total. The molecular formula is C18H17NO4. The van der Waals surface area contributed by atoms with Crippen LogP contribution in [0, 0.1) is 0 Å². The van der Waals surface area contributed by atoms with Crippen LogP contribution in [-0.2, 0) is 14.3 Å². The summed E-state index contributed by atoms with van der Waals surface area (Å²) >= 11 is 0. The lowest BCUT2D eigenvalue weighted by atomic mass is 9.95. The molecule has 2 aromatic rings. The monoisotopic (exact) mass is 311 g/mol. The molecule has 1 aromatic carbocycles. The van der Waals surface area contributed by atoms with Gasteiger partial charge in [-0.15, -0.1) is 0 Å². The minimum atomic E-state index is -0.933. The Morgan fingerprint density at radius 3 is 2.83 bits per heavy atom. The number of carbonyl (C=O) groups excluding carboxylic acids is 2. The molecular weight excluding hydrogens is 294 g/mol. The van der Waals surface area contributed by atoms with Crippen LogP contribution in [0.4, 0.5) is 0 Å². The lowest BCUT2D eigenvalue weighted by Crippen LogP contribution is -2.16. The van der Waals surface area contributed by atoms with E-state index in [9.17, 15) is 9.59 Å². The summed E-state index contributed by atoms with van der Waals surface area (Å²) in [5.41, 5.74) is 2.35. The van der Waals surface area contributed by atoms with Crippen LogP contribution in [0.3, 0.4) is 0 Å². The van der Waals surface area contributed by atoms with Crippen molar-refractivity contribution >= 4 is 24.4 Å². The van der Waals surface area contributed by atoms with E-state index < -0.39 is 11.9 Å². The number of nitrogens with zero attached hydrogens (tertiary/aromatic N) is 1. The molecule has 0 saturated heterocycles. The molecule has 1 atom stereocenters. The van der Waals surface area contributed by atoms with Gasteiger partial charge in [-0.05, 0) is 30.0 Å². The van der Waals surface area contributed by atoms with E-state index in [2.05, 4.69) is 9.89 Å². The predicted octanol–water partition coefficient (Wildman–Crippen LogP) is 3.18. The summed E-state index contributed by atoms with van der Waals surface area (Å²) in [6.07, 6.45) is 6.53. The van der Waals surface area contributed by atoms with Gasteiger partial charge in [0, 0.05) is 12.0 Å². The van der Waals surface area contributed by atoms with Gasteiger partial charge in [-0.1, -0.05) is 35.5 Å². The molecule has 5 heteroatoms. The minimum Gasteiger partial charge on any atom is -0.468 e. The van der Waals surface area contributed by atoms with Gasteiger partial charge < -0.3 is 14.1 Å². The van der Waals surface area contributed by atoms with Gasteiger partial charge in [0.1, 0.15) is 12.2 Å². The summed E-state index contributed by atoms with van der Waals surface area (Å²) in [6, 6.07) is 9.13. The van der Waals surface area contributed by atoms with Crippen molar-refractivity contribution in [1.29, 1.82) is 0 Å². The molecule has 0 bridgehead atoms. The normalized spacial score (nSPS) is 15.5. The number of methoxy groups -OCH3 is 1. The van der Waals surface area contributed by atoms with Crippen LogP contribution < -0.4 is 0 Å². The summed E-state index contributed by atoms with van der Waals surface area (Å²) in [6.45, 7) is 0. The molecule has 0 N–H and O–H groups in total. The smallest absolute Gasteiger partial charge is 0.320 e. The third-order valence-corrected chi connectivity index (χ3v) is 3.89. The molecule has 1 aromatic heterocycles. The second kappa shape index (κ2) is 6.60. The third-order valence-electron chi connectivity index (χ3n) is 3.89. The van der Waals surface area contributed by atoms with Gasteiger partial charge in [-0.25, -0.2) is 0 Å². The number of rotatable bonds is 6. The maximum Gasteiger partial charge on any atom is 0.320 e. The summed E-state index contributed by atoms with van der Waals surface area (Å²) in [5, 5.41) is 4.05. The van der Waals surface area contributed by atoms with Crippen molar-refractivity contribution < 1.29 is 18.8 Å². The van der Waals surface area contributed by atoms with Gasteiger partial charge in [0.25, 0.3) is 0 Å². The lowest BCUT2D eigenvalue weighted by molar-refractivity contribution is -0.143. The average molecular weight is 311 g/mol. The molecule has 0 aliphatic heterocycles. The maximum absolute atomic E-state index is 11.7. The first kappa shape index (κ1) is 15.2. The van der Waals surface area contributed by atoms with E-state index in [0.717, 1.165) is 11.3 Å². The van der Waals surface area contributed by atoms with Crippen LogP contribution in [0.25, 0.3) is 12.2 Å². The molecule has 1 aliphatic rings. The first-order valence-corrected chi connectivity index (χ1v) is 7.49. The number of ether oxygens (including phenoxy) is 1. The lowest BCUT2D eigenvalue weighted by Gasteiger charge is -2.11. The quantitative estimate of drug-likeness (QED) is 0.465. The highest BCUT2D eigenvalue weighted by molar-refractivity contribution is 5.95. The van der Waals surface area contributed by atoms with E-state index in [1.807, 2.05) is 24.3 Å². The molecule has 3 rings (SSSR count). The number of aromatic nitrogens is 1. The number of benzene rings is 1. The van der Waals surface area contributed by atoms with E-state index in [-0.39, 0.29) is 0 Å². The fourth-order valence-electron chi connectivity index (χ4n) is 2.45. The van der Waals surface area contributed by atoms with Crippen LogP contribution in [0.5, 0.6) is 0 Å². The Balaban J connectivity index is 1.85. The van der Waals surface area contributed by atoms with Gasteiger partial charge in [0.2, 0.25) is 0 Å². The van der Waals surface area contributed by atoms with Crippen molar-refractivity contribution in [3.8, 4) is 0 Å². The largest absolute Gasteiger partial charge is 0.468 e. The summed E-state index contributed by atoms with van der Waals surface area (Å²) in [4.78, 5) is 23.0. The van der Waals surface area contributed by atoms with E-state index >= 15 is 0 Å². The Morgan fingerprint density at radius 2 is 2.13 bits per heavy atom. The molecule has 1 heterocycles. The van der Waals surface area contributed by atoms with E-state index in [1.54, 1.807) is 18.2 Å². The van der Waals surface area contributed by atoms with Gasteiger partial charge in [-0.2, -0.15) is 0 Å². The molecule has 0 amide bonds. The van der Waals surface area contributed by atoms with E-state index in [0.29, 0.717) is 23.5 Å². The highest BCUT2D eigenvalue weighted by Gasteiger charge is 2.26. The van der Waals surface area contributed by atoms with Crippen molar-refractivity contribution in [3.63, 3.8) is 0 Å². The Bertz CT molecular complexity index is 743. The van der Waals surface area contributed by atoms with Crippen molar-refractivity contribution in [1.82, 2.24) is 5.16 Å². The van der Waals surface area contributed by atoms with Crippen LogP contribution in [0.1, 0.15) is 47.3 Å². The summed E-state index contributed by atoms with van der Waals surface area (Å²) < 4.78 is 9.97. The zero-order chi connectivity index (χ0) is 16.2. The van der Waals surface area contributed by atoms with Gasteiger partial charge in [0.15, 0.2) is 5.76 Å². The first-order valence-electron chi connectivity index (χ1n) is 7.49. The van der Waals surface area contributed by atoms with E-state index in [1.165, 1.54) is 20.0 Å². The number of esters is 1. The fraction of sp³-hybridized carbons (Fsp3) is 0.278. The van der Waals surface area contributed by atoms with Gasteiger partial charge >= 0.3 is 5.97 Å². The highest BCUT2D eigenvalue weighted by atomic mass is 16.5. The van der Waals surface area contributed by atoms with Crippen LogP contribution >= 0.6 is 0 Å². The number of hydrogen-bond donors (Lipinski definition) is 0. The van der Waals surface area contributed by atoms with Crippen LogP contribution in [-0.4, -0.2) is 24.5 Å². The van der Waals surface area contributed by atoms with Crippen molar-refractivity contribution in [2.45, 2.75) is 24.7 Å². The van der Waals surface area contributed by atoms with Gasteiger partial charge in [-0.3, -0.25) is 4.79 Å². The summed E-state index contributed by atoms with van der Waals surface area (Å²) in [5.74, 6) is -0.316. The molecule has 0 spiro atoms. The standard InChI is InChI=1S/C18H17NO4/c1-22-18(21)16(11-20)15-5-3-2-4-12(15)8-9-14-10-17(19-23-14)13-6-7-13/h2-5,8-11,13,16H,6-7H2,1H3/b9-8+. The number of hydrogen-bond acceptors (Lipinski definition) is 5. The van der Waals surface area contributed by atoms with Gasteiger partial charge in [0.05, 0.1) is 12.8 Å². The highest BCUT2D eigenvalue weighted by Crippen LogP contribution is 2.39. The zero-order valence-corrected chi connectivity index (χ0v) is 12.8. The molecule has 1 saturated carbocycles. The minimum absolute atomic E-state index is 0.534. The van der Waals surface area contributed by atoms with Crippen molar-refractivity contribution in [3.05, 3.63) is 52.9 Å². The Hall–Kier alpha value is -2.69. The molecule has 118 valence electrons. The maximum atomic E-state index is 11.7. The fourth-order valence-corrected chi connectivity index (χ4v) is 2.45. The Kier molecular flexibility index (Phi) is 4.37. The molecule has 0 radical (unpaired) electrons. The molecule has 1 fully saturated rings. The SMILES string of the molecule is COC(=O)C(C=O)c1ccccc1/C=C/c1cc(C2CC2)no1. The molecule has 23 heavy (non-hydrogen) atoms. The Labute approximate surface area is 133 Å². The number of carbonyl (C=O) groups is 2. The van der Waals surface area contributed by atoms with Crippen LogP contribution in [0.2, 0.25) is 0 Å². The van der Waals surface area contributed by atoms with Crippen molar-refractivity contribution in [2.24, 2.45) is 0 Å². The Morgan fingerprint density at radius 1 is 1.35 bits per heavy atom. The first-order chi connectivity index (χ1) is 11.2. The number of aldehydes is 1. The zero-order valence-electron chi connectivity index (χ0n) is 12.8. The topological polar surface area (TPSA) is 69.4 Å². The molecule has 1 aliphatic carbocycles.